The number of carbonyl (C=O) groups excluding carboxylic acids is 2. The minimum atomic E-state index is -0.469. The lowest BCUT2D eigenvalue weighted by molar-refractivity contribution is 0.0714. The van der Waals surface area contributed by atoms with E-state index in [4.69, 9.17) is 4.42 Å². The minimum Gasteiger partial charge on any atom is -0.459 e. The standard InChI is InChI=1S/C20H18FN5O3/c21-14-3-1-4-15(11-14)24-19(27)16-12-23-18(13-22-16)25-6-8-26(9-7-25)20(28)17-5-2-10-29-17/h1-5,10-13H,6-9H2,(H,24,27). The first-order valence-electron chi connectivity index (χ1n) is 9.07. The number of furan rings is 1. The fourth-order valence-electron chi connectivity index (χ4n) is 3.06. The molecule has 2 aromatic heterocycles. The number of hydrogen-bond acceptors (Lipinski definition) is 6. The van der Waals surface area contributed by atoms with E-state index >= 15 is 0 Å². The van der Waals surface area contributed by atoms with Crippen LogP contribution in [0.15, 0.2) is 59.5 Å². The smallest absolute Gasteiger partial charge is 0.289 e. The van der Waals surface area contributed by atoms with E-state index in [1.807, 2.05) is 4.90 Å². The number of piperazine rings is 1. The summed E-state index contributed by atoms with van der Waals surface area (Å²) in [6.45, 7) is 2.25. The summed E-state index contributed by atoms with van der Waals surface area (Å²) in [5, 5.41) is 2.58. The first-order valence-corrected chi connectivity index (χ1v) is 9.07. The lowest BCUT2D eigenvalue weighted by Gasteiger charge is -2.34. The zero-order valence-corrected chi connectivity index (χ0v) is 15.4. The Balaban J connectivity index is 1.35. The quantitative estimate of drug-likeness (QED) is 0.730. The lowest BCUT2D eigenvalue weighted by atomic mass is 10.3. The summed E-state index contributed by atoms with van der Waals surface area (Å²) in [5.74, 6) is -0.0909. The van der Waals surface area contributed by atoms with E-state index in [1.165, 1.54) is 36.9 Å². The summed E-state index contributed by atoms with van der Waals surface area (Å²) < 4.78 is 18.4. The number of benzene rings is 1. The summed E-state index contributed by atoms with van der Waals surface area (Å²) in [7, 11) is 0. The monoisotopic (exact) mass is 395 g/mol. The molecule has 2 amide bonds. The SMILES string of the molecule is O=C(Nc1cccc(F)c1)c1cnc(N2CCN(C(=O)c3ccco3)CC2)cn1. The van der Waals surface area contributed by atoms with Gasteiger partial charge in [0, 0.05) is 31.9 Å². The highest BCUT2D eigenvalue weighted by molar-refractivity contribution is 6.02. The number of carbonyl (C=O) groups is 2. The molecule has 1 aliphatic rings. The van der Waals surface area contributed by atoms with Gasteiger partial charge in [-0.25, -0.2) is 14.4 Å². The maximum atomic E-state index is 13.2. The molecule has 29 heavy (non-hydrogen) atoms. The first-order chi connectivity index (χ1) is 14.1. The molecular formula is C20H18FN5O3. The normalized spacial score (nSPS) is 14.0. The molecule has 3 aromatic rings. The van der Waals surface area contributed by atoms with Crippen molar-refractivity contribution in [1.29, 1.82) is 0 Å². The van der Waals surface area contributed by atoms with Crippen molar-refractivity contribution < 1.29 is 18.4 Å². The van der Waals surface area contributed by atoms with Gasteiger partial charge in [0.2, 0.25) is 0 Å². The summed E-state index contributed by atoms with van der Waals surface area (Å²) >= 11 is 0. The summed E-state index contributed by atoms with van der Waals surface area (Å²) in [4.78, 5) is 36.7. The van der Waals surface area contributed by atoms with Crippen molar-refractivity contribution in [3.63, 3.8) is 0 Å². The van der Waals surface area contributed by atoms with Crippen LogP contribution in [0, 0.1) is 5.82 Å². The molecule has 1 aliphatic heterocycles. The molecule has 0 spiro atoms. The van der Waals surface area contributed by atoms with Crippen LogP contribution < -0.4 is 10.2 Å². The highest BCUT2D eigenvalue weighted by atomic mass is 19.1. The predicted octanol–water partition coefficient (Wildman–Crippen LogP) is 2.42. The fourth-order valence-corrected chi connectivity index (χ4v) is 3.06. The molecule has 1 fully saturated rings. The maximum Gasteiger partial charge on any atom is 0.289 e. The van der Waals surface area contributed by atoms with Crippen LogP contribution in [0.1, 0.15) is 21.0 Å². The molecule has 1 N–H and O–H groups in total. The molecule has 1 saturated heterocycles. The van der Waals surface area contributed by atoms with Gasteiger partial charge in [-0.15, -0.1) is 0 Å². The Morgan fingerprint density at radius 1 is 1.03 bits per heavy atom. The van der Waals surface area contributed by atoms with E-state index in [0.717, 1.165) is 0 Å². The second-order valence-electron chi connectivity index (χ2n) is 6.48. The fraction of sp³-hybridized carbons (Fsp3) is 0.200. The maximum absolute atomic E-state index is 13.2. The molecule has 0 aliphatic carbocycles. The third-order valence-corrected chi connectivity index (χ3v) is 4.58. The molecular weight excluding hydrogens is 377 g/mol. The van der Waals surface area contributed by atoms with Crippen molar-refractivity contribution in [2.45, 2.75) is 0 Å². The van der Waals surface area contributed by atoms with Gasteiger partial charge >= 0.3 is 0 Å². The molecule has 0 saturated carbocycles. The second kappa shape index (κ2) is 8.09. The van der Waals surface area contributed by atoms with E-state index in [9.17, 15) is 14.0 Å². The van der Waals surface area contributed by atoms with Gasteiger partial charge in [0.15, 0.2) is 5.76 Å². The topological polar surface area (TPSA) is 91.6 Å². The molecule has 0 atom stereocenters. The highest BCUT2D eigenvalue weighted by Crippen LogP contribution is 2.15. The van der Waals surface area contributed by atoms with E-state index in [1.54, 1.807) is 23.1 Å². The van der Waals surface area contributed by atoms with E-state index in [2.05, 4.69) is 15.3 Å². The number of rotatable bonds is 4. The highest BCUT2D eigenvalue weighted by Gasteiger charge is 2.24. The van der Waals surface area contributed by atoms with Crippen molar-refractivity contribution in [1.82, 2.24) is 14.9 Å². The minimum absolute atomic E-state index is 0.129. The molecule has 148 valence electrons. The summed E-state index contributed by atoms with van der Waals surface area (Å²) in [5.41, 5.74) is 0.475. The Hall–Kier alpha value is -3.75. The third kappa shape index (κ3) is 4.23. The Labute approximate surface area is 166 Å². The molecule has 0 unspecified atom stereocenters. The van der Waals surface area contributed by atoms with Crippen molar-refractivity contribution in [2.24, 2.45) is 0 Å². The number of hydrogen-bond donors (Lipinski definition) is 1. The number of aromatic nitrogens is 2. The van der Waals surface area contributed by atoms with Crippen LogP contribution in [0.5, 0.6) is 0 Å². The second-order valence-corrected chi connectivity index (χ2v) is 6.48. The predicted molar refractivity (Wildman–Crippen MR) is 103 cm³/mol. The Bertz CT molecular complexity index is 999. The van der Waals surface area contributed by atoms with Gasteiger partial charge in [0.05, 0.1) is 18.7 Å². The molecule has 0 radical (unpaired) electrons. The first kappa shape index (κ1) is 18.6. The van der Waals surface area contributed by atoms with Gasteiger partial charge < -0.3 is 19.5 Å². The van der Waals surface area contributed by atoms with Crippen LogP contribution in [-0.2, 0) is 0 Å². The van der Waals surface area contributed by atoms with Gasteiger partial charge in [-0.1, -0.05) is 6.07 Å². The Morgan fingerprint density at radius 3 is 2.52 bits per heavy atom. The van der Waals surface area contributed by atoms with Gasteiger partial charge in [-0.05, 0) is 30.3 Å². The van der Waals surface area contributed by atoms with E-state index in [0.29, 0.717) is 43.4 Å². The summed E-state index contributed by atoms with van der Waals surface area (Å²) in [6, 6.07) is 8.95. The largest absolute Gasteiger partial charge is 0.459 e. The summed E-state index contributed by atoms with van der Waals surface area (Å²) in [6.07, 6.45) is 4.37. The van der Waals surface area contributed by atoms with Crippen molar-refractivity contribution in [2.75, 3.05) is 36.4 Å². The van der Waals surface area contributed by atoms with Crippen LogP contribution in [0.25, 0.3) is 0 Å². The number of amides is 2. The third-order valence-electron chi connectivity index (χ3n) is 4.58. The van der Waals surface area contributed by atoms with Crippen molar-refractivity contribution >= 4 is 23.3 Å². The van der Waals surface area contributed by atoms with Gasteiger partial charge in [0.25, 0.3) is 11.8 Å². The number of halogens is 1. The van der Waals surface area contributed by atoms with E-state index < -0.39 is 11.7 Å². The lowest BCUT2D eigenvalue weighted by Crippen LogP contribution is -2.49. The average molecular weight is 395 g/mol. The van der Waals surface area contributed by atoms with Gasteiger partial charge in [-0.3, -0.25) is 9.59 Å². The van der Waals surface area contributed by atoms with E-state index in [-0.39, 0.29) is 11.6 Å². The number of anilines is 2. The zero-order chi connectivity index (χ0) is 20.2. The Kier molecular flexibility index (Phi) is 5.19. The molecule has 1 aromatic carbocycles. The van der Waals surface area contributed by atoms with Gasteiger partial charge in [0.1, 0.15) is 17.3 Å². The van der Waals surface area contributed by atoms with Crippen LogP contribution in [-0.4, -0.2) is 52.9 Å². The van der Waals surface area contributed by atoms with Crippen molar-refractivity contribution in [3.05, 3.63) is 72.3 Å². The average Bonchev–Trinajstić information content (AvgIpc) is 3.28. The van der Waals surface area contributed by atoms with Gasteiger partial charge in [-0.2, -0.15) is 0 Å². The van der Waals surface area contributed by atoms with Crippen LogP contribution >= 0.6 is 0 Å². The van der Waals surface area contributed by atoms with Crippen LogP contribution in [0.3, 0.4) is 0 Å². The number of nitrogens with one attached hydrogen (secondary N) is 1. The molecule has 4 rings (SSSR count). The zero-order valence-electron chi connectivity index (χ0n) is 15.4. The van der Waals surface area contributed by atoms with Crippen molar-refractivity contribution in [3.8, 4) is 0 Å². The van der Waals surface area contributed by atoms with Crippen LogP contribution in [0.4, 0.5) is 15.9 Å². The van der Waals surface area contributed by atoms with Crippen LogP contribution in [0.2, 0.25) is 0 Å². The molecule has 3 heterocycles. The molecule has 9 heteroatoms. The Morgan fingerprint density at radius 2 is 1.86 bits per heavy atom. The molecule has 8 nitrogen and oxygen atoms in total. The molecule has 0 bridgehead atoms. The number of nitrogens with zero attached hydrogens (tertiary/aromatic N) is 4.